The monoisotopic (exact) mass is 610 g/mol. The highest BCUT2D eigenvalue weighted by Gasteiger charge is 2.21. The van der Waals surface area contributed by atoms with Crippen LogP contribution in [0.4, 0.5) is 0 Å². The number of nitrogens with zero attached hydrogens (tertiary/aromatic N) is 2. The Morgan fingerprint density at radius 2 is 0.583 bits per heavy atom. The van der Waals surface area contributed by atoms with Crippen LogP contribution in [0.25, 0.3) is 88.0 Å². The summed E-state index contributed by atoms with van der Waals surface area (Å²) in [7, 11) is 0. The van der Waals surface area contributed by atoms with E-state index in [-0.39, 0.29) is 0 Å². The molecule has 2 aromatic heterocycles. The number of fused-ring (bicyclic) bond motifs is 7. The van der Waals surface area contributed by atoms with E-state index in [1.165, 1.54) is 76.6 Å². The molecule has 224 valence electrons. The topological polar surface area (TPSA) is 9.86 Å². The van der Waals surface area contributed by atoms with Gasteiger partial charge in [-0.1, -0.05) is 146 Å². The number of hydrogen-bond acceptors (Lipinski definition) is 0. The summed E-state index contributed by atoms with van der Waals surface area (Å²) < 4.78 is 4.86. The first-order valence-electron chi connectivity index (χ1n) is 16.5. The summed E-state index contributed by atoms with van der Waals surface area (Å²) in [5, 5.41) is 7.53. The Labute approximate surface area is 278 Å². The minimum atomic E-state index is 1.16. The van der Waals surface area contributed by atoms with Crippen LogP contribution in [0, 0.1) is 0 Å². The van der Waals surface area contributed by atoms with E-state index in [0.29, 0.717) is 0 Å². The lowest BCUT2D eigenvalue weighted by Crippen LogP contribution is -1.96. The van der Waals surface area contributed by atoms with Gasteiger partial charge in [-0.25, -0.2) is 0 Å². The van der Waals surface area contributed by atoms with Crippen molar-refractivity contribution in [1.82, 2.24) is 9.13 Å². The molecule has 2 nitrogen and oxygen atoms in total. The third-order valence-corrected chi connectivity index (χ3v) is 9.92. The van der Waals surface area contributed by atoms with Crippen molar-refractivity contribution in [3.8, 4) is 33.6 Å². The fraction of sp³-hybridized carbons (Fsp3) is 0. The summed E-state index contributed by atoms with van der Waals surface area (Å²) in [4.78, 5) is 0. The first-order chi connectivity index (χ1) is 23.9. The van der Waals surface area contributed by atoms with Crippen LogP contribution in [-0.4, -0.2) is 9.13 Å². The second-order valence-corrected chi connectivity index (χ2v) is 12.5. The minimum Gasteiger partial charge on any atom is -0.309 e. The Hall–Kier alpha value is -6.38. The molecule has 0 unspecified atom stereocenters. The number of hydrogen-bond donors (Lipinski definition) is 0. The second kappa shape index (κ2) is 10.6. The van der Waals surface area contributed by atoms with E-state index in [1.54, 1.807) is 0 Å². The van der Waals surface area contributed by atoms with E-state index in [9.17, 15) is 0 Å². The molecule has 0 amide bonds. The van der Waals surface area contributed by atoms with Crippen molar-refractivity contribution in [2.24, 2.45) is 0 Å². The van der Waals surface area contributed by atoms with Crippen LogP contribution in [0.1, 0.15) is 0 Å². The summed E-state index contributed by atoms with van der Waals surface area (Å²) in [5.41, 5.74) is 12.1. The molecule has 8 aromatic carbocycles. The van der Waals surface area contributed by atoms with E-state index < -0.39 is 0 Å². The van der Waals surface area contributed by atoms with Gasteiger partial charge in [-0.3, -0.25) is 0 Å². The first kappa shape index (κ1) is 26.8. The maximum Gasteiger partial charge on any atom is 0.0619 e. The van der Waals surface area contributed by atoms with Crippen LogP contribution in [0.2, 0.25) is 0 Å². The fourth-order valence-corrected chi connectivity index (χ4v) is 7.93. The normalized spacial score (nSPS) is 11.8. The summed E-state index contributed by atoms with van der Waals surface area (Å²) in [6, 6.07) is 66.1. The number of benzene rings is 8. The van der Waals surface area contributed by atoms with Crippen molar-refractivity contribution in [1.29, 1.82) is 0 Å². The summed E-state index contributed by atoms with van der Waals surface area (Å²) in [6.45, 7) is 0. The highest BCUT2D eigenvalue weighted by molar-refractivity contribution is 6.19. The predicted octanol–water partition coefficient (Wildman–Crippen LogP) is 12.4. The Morgan fingerprint density at radius 3 is 1.02 bits per heavy atom. The molecule has 2 heterocycles. The van der Waals surface area contributed by atoms with E-state index in [0.717, 1.165) is 11.4 Å². The molecule has 48 heavy (non-hydrogen) atoms. The van der Waals surface area contributed by atoms with Crippen LogP contribution in [0.3, 0.4) is 0 Å². The van der Waals surface area contributed by atoms with Gasteiger partial charge in [0.05, 0.1) is 22.1 Å². The van der Waals surface area contributed by atoms with Gasteiger partial charge in [0.15, 0.2) is 0 Å². The molecule has 0 spiro atoms. The lowest BCUT2D eigenvalue weighted by atomic mass is 9.90. The smallest absolute Gasteiger partial charge is 0.0619 e. The summed E-state index contributed by atoms with van der Waals surface area (Å²) >= 11 is 0. The van der Waals surface area contributed by atoms with E-state index in [2.05, 4.69) is 191 Å². The number of rotatable bonds is 4. The number of para-hydroxylation sites is 6. The van der Waals surface area contributed by atoms with Gasteiger partial charge in [-0.15, -0.1) is 0 Å². The zero-order valence-electron chi connectivity index (χ0n) is 26.2. The second-order valence-electron chi connectivity index (χ2n) is 12.5. The van der Waals surface area contributed by atoms with Crippen molar-refractivity contribution in [3.05, 3.63) is 182 Å². The van der Waals surface area contributed by atoms with E-state index in [4.69, 9.17) is 0 Å². The van der Waals surface area contributed by atoms with Gasteiger partial charge in [-0.05, 0) is 58.3 Å². The highest BCUT2D eigenvalue weighted by atomic mass is 15.0. The Bertz CT molecular complexity index is 2620. The molecule has 0 saturated carbocycles. The van der Waals surface area contributed by atoms with Gasteiger partial charge in [0, 0.05) is 44.0 Å². The lowest BCUT2D eigenvalue weighted by molar-refractivity contribution is 1.18. The molecule has 0 aliphatic heterocycles. The quantitative estimate of drug-likeness (QED) is 0.188. The van der Waals surface area contributed by atoms with Crippen molar-refractivity contribution in [2.45, 2.75) is 0 Å². The molecule has 0 radical (unpaired) electrons. The standard InChI is InChI=1S/C46H30N2/c1-3-15-31(16-4-1)47-43-27-11-9-21-37(43)41-25-13-23-39(45(41)47)35-29-30-36(34-20-8-7-19-33(34)35)40-24-14-26-42-38-22-10-12-28-44(38)48(46(40)42)32-17-5-2-6-18-32/h1-30H. The third kappa shape index (κ3) is 3.87. The average molecular weight is 611 g/mol. The van der Waals surface area contributed by atoms with Crippen LogP contribution in [0.5, 0.6) is 0 Å². The molecule has 0 bridgehead atoms. The third-order valence-electron chi connectivity index (χ3n) is 9.92. The highest BCUT2D eigenvalue weighted by Crippen LogP contribution is 2.44. The maximum atomic E-state index is 2.43. The first-order valence-corrected chi connectivity index (χ1v) is 16.5. The molecule has 2 heteroatoms. The molecule has 0 fully saturated rings. The summed E-state index contributed by atoms with van der Waals surface area (Å²) in [6.07, 6.45) is 0. The van der Waals surface area contributed by atoms with Crippen LogP contribution in [0.15, 0.2) is 182 Å². The van der Waals surface area contributed by atoms with Gasteiger partial charge in [0.1, 0.15) is 0 Å². The van der Waals surface area contributed by atoms with Crippen molar-refractivity contribution < 1.29 is 0 Å². The van der Waals surface area contributed by atoms with Gasteiger partial charge in [0.25, 0.3) is 0 Å². The van der Waals surface area contributed by atoms with Crippen molar-refractivity contribution in [2.75, 3.05) is 0 Å². The molecule has 0 aliphatic rings. The van der Waals surface area contributed by atoms with E-state index >= 15 is 0 Å². The van der Waals surface area contributed by atoms with Gasteiger partial charge in [-0.2, -0.15) is 0 Å². The Balaban J connectivity index is 1.28. The largest absolute Gasteiger partial charge is 0.309 e. The average Bonchev–Trinajstić information content (AvgIpc) is 3.69. The molecular weight excluding hydrogens is 581 g/mol. The Morgan fingerprint density at radius 1 is 0.229 bits per heavy atom. The van der Waals surface area contributed by atoms with Crippen molar-refractivity contribution >= 4 is 54.4 Å². The fourth-order valence-electron chi connectivity index (χ4n) is 7.93. The number of aromatic nitrogens is 2. The molecule has 10 rings (SSSR count). The van der Waals surface area contributed by atoms with E-state index in [1.807, 2.05) is 0 Å². The van der Waals surface area contributed by atoms with Gasteiger partial charge in [0.2, 0.25) is 0 Å². The molecule has 0 atom stereocenters. The molecule has 0 N–H and O–H groups in total. The maximum absolute atomic E-state index is 2.43. The molecular formula is C46H30N2. The van der Waals surface area contributed by atoms with Crippen LogP contribution < -0.4 is 0 Å². The SMILES string of the molecule is c1ccc(-n2c3ccccc3c3cccc(-c4ccc(-c5cccc6c7ccccc7n(-c7ccccc7)c56)c5ccccc45)c32)cc1. The van der Waals surface area contributed by atoms with Crippen molar-refractivity contribution in [3.63, 3.8) is 0 Å². The van der Waals surface area contributed by atoms with Crippen LogP contribution >= 0.6 is 0 Å². The van der Waals surface area contributed by atoms with Crippen LogP contribution in [-0.2, 0) is 0 Å². The zero-order chi connectivity index (χ0) is 31.6. The molecule has 0 aliphatic carbocycles. The lowest BCUT2D eigenvalue weighted by Gasteiger charge is -2.17. The zero-order valence-corrected chi connectivity index (χ0v) is 26.2. The molecule has 10 aromatic rings. The molecule has 0 saturated heterocycles. The predicted molar refractivity (Wildman–Crippen MR) is 203 cm³/mol. The summed E-state index contributed by atoms with van der Waals surface area (Å²) in [5.74, 6) is 0. The van der Waals surface area contributed by atoms with Gasteiger partial charge < -0.3 is 9.13 Å². The minimum absolute atomic E-state index is 1.16. The Kier molecular flexibility index (Phi) is 5.91. The van der Waals surface area contributed by atoms with Gasteiger partial charge >= 0.3 is 0 Å².